The molecule has 4 heteroatoms. The van der Waals surface area contributed by atoms with Crippen molar-refractivity contribution in [2.24, 2.45) is 0 Å². The summed E-state index contributed by atoms with van der Waals surface area (Å²) in [6, 6.07) is 2.63. The van der Waals surface area contributed by atoms with E-state index in [1.807, 2.05) is 24.0 Å². The van der Waals surface area contributed by atoms with Crippen LogP contribution in [0.1, 0.15) is 38.5 Å². The SMILES string of the molecule is CNC1CCCCCCC1Sc1ccncn1. The van der Waals surface area contributed by atoms with Crippen molar-refractivity contribution in [2.75, 3.05) is 7.05 Å². The highest BCUT2D eigenvalue weighted by Crippen LogP contribution is 2.31. The third kappa shape index (κ3) is 3.96. The van der Waals surface area contributed by atoms with Crippen molar-refractivity contribution in [1.29, 1.82) is 0 Å². The number of aromatic nitrogens is 2. The minimum Gasteiger partial charge on any atom is -0.316 e. The van der Waals surface area contributed by atoms with Crippen LogP contribution in [0.5, 0.6) is 0 Å². The van der Waals surface area contributed by atoms with E-state index in [1.54, 1.807) is 6.33 Å². The third-order valence-electron chi connectivity index (χ3n) is 3.40. The Morgan fingerprint density at radius 1 is 1.24 bits per heavy atom. The molecule has 1 saturated carbocycles. The minimum absolute atomic E-state index is 0.621. The third-order valence-corrected chi connectivity index (χ3v) is 4.75. The molecular weight excluding hydrogens is 230 g/mol. The Bertz CT molecular complexity index is 318. The summed E-state index contributed by atoms with van der Waals surface area (Å²) >= 11 is 1.91. The van der Waals surface area contributed by atoms with Crippen molar-refractivity contribution >= 4 is 11.8 Å². The fourth-order valence-electron chi connectivity index (χ4n) is 2.43. The van der Waals surface area contributed by atoms with E-state index in [0.29, 0.717) is 11.3 Å². The number of thioether (sulfide) groups is 1. The van der Waals surface area contributed by atoms with Gasteiger partial charge in [0.1, 0.15) is 6.33 Å². The van der Waals surface area contributed by atoms with Crippen molar-refractivity contribution in [3.63, 3.8) is 0 Å². The lowest BCUT2D eigenvalue weighted by molar-refractivity contribution is 0.420. The molecule has 0 spiro atoms. The number of hydrogen-bond donors (Lipinski definition) is 1. The van der Waals surface area contributed by atoms with E-state index in [-0.39, 0.29) is 0 Å². The van der Waals surface area contributed by atoms with Crippen LogP contribution < -0.4 is 5.32 Å². The molecule has 0 radical (unpaired) electrons. The van der Waals surface area contributed by atoms with Crippen LogP contribution in [0.25, 0.3) is 0 Å². The fourth-order valence-corrected chi connectivity index (χ4v) is 3.70. The average molecular weight is 251 g/mol. The summed E-state index contributed by atoms with van der Waals surface area (Å²) in [6.07, 6.45) is 11.5. The van der Waals surface area contributed by atoms with Crippen LogP contribution in [0.15, 0.2) is 23.6 Å². The van der Waals surface area contributed by atoms with Crippen LogP contribution in [-0.2, 0) is 0 Å². The summed E-state index contributed by atoms with van der Waals surface area (Å²) < 4.78 is 0. The zero-order valence-corrected chi connectivity index (χ0v) is 11.2. The van der Waals surface area contributed by atoms with E-state index in [0.717, 1.165) is 5.03 Å². The molecule has 17 heavy (non-hydrogen) atoms. The molecular formula is C13H21N3S. The Morgan fingerprint density at radius 2 is 2.06 bits per heavy atom. The molecule has 1 aliphatic carbocycles. The molecule has 1 fully saturated rings. The van der Waals surface area contributed by atoms with E-state index in [2.05, 4.69) is 22.3 Å². The van der Waals surface area contributed by atoms with E-state index in [9.17, 15) is 0 Å². The molecule has 94 valence electrons. The lowest BCUT2D eigenvalue weighted by atomic mass is 9.96. The number of nitrogens with one attached hydrogen (secondary N) is 1. The summed E-state index contributed by atoms with van der Waals surface area (Å²) in [5.41, 5.74) is 0. The molecule has 0 aromatic carbocycles. The second-order valence-electron chi connectivity index (χ2n) is 4.59. The second-order valence-corrected chi connectivity index (χ2v) is 5.85. The number of rotatable bonds is 3. The van der Waals surface area contributed by atoms with Gasteiger partial charge in [0.05, 0.1) is 5.03 Å². The Hall–Kier alpha value is -0.610. The van der Waals surface area contributed by atoms with Crippen molar-refractivity contribution in [1.82, 2.24) is 15.3 Å². The highest BCUT2D eigenvalue weighted by Gasteiger charge is 2.22. The Kier molecular flexibility index (Phi) is 5.26. The highest BCUT2D eigenvalue weighted by atomic mass is 32.2. The predicted octanol–water partition coefficient (Wildman–Crippen LogP) is 2.88. The molecule has 0 bridgehead atoms. The van der Waals surface area contributed by atoms with Gasteiger partial charge in [-0.15, -0.1) is 11.8 Å². The van der Waals surface area contributed by atoms with Crippen molar-refractivity contribution in [3.05, 3.63) is 18.6 Å². The van der Waals surface area contributed by atoms with Crippen LogP contribution in [0, 0.1) is 0 Å². The van der Waals surface area contributed by atoms with Gasteiger partial charge in [-0.3, -0.25) is 0 Å². The van der Waals surface area contributed by atoms with Crippen LogP contribution in [0.2, 0.25) is 0 Å². The number of hydrogen-bond acceptors (Lipinski definition) is 4. The van der Waals surface area contributed by atoms with Gasteiger partial charge in [-0.05, 0) is 26.0 Å². The maximum absolute atomic E-state index is 4.32. The van der Waals surface area contributed by atoms with Crippen LogP contribution in [0.4, 0.5) is 0 Å². The molecule has 1 aromatic rings. The predicted molar refractivity (Wildman–Crippen MR) is 72.2 cm³/mol. The van der Waals surface area contributed by atoms with Gasteiger partial charge >= 0.3 is 0 Å². The second kappa shape index (κ2) is 6.97. The molecule has 1 aromatic heterocycles. The zero-order chi connectivity index (χ0) is 11.9. The molecule has 1 aliphatic rings. The van der Waals surface area contributed by atoms with Gasteiger partial charge in [-0.25, -0.2) is 9.97 Å². The standard InChI is InChI=1S/C13H21N3S/c1-14-11-6-4-2-3-5-7-12(11)17-13-8-9-15-10-16-13/h8-12,14H,2-7H2,1H3. The van der Waals surface area contributed by atoms with E-state index < -0.39 is 0 Å². The first-order chi connectivity index (χ1) is 8.40. The van der Waals surface area contributed by atoms with Crippen molar-refractivity contribution in [3.8, 4) is 0 Å². The number of nitrogens with zero attached hydrogens (tertiary/aromatic N) is 2. The van der Waals surface area contributed by atoms with Crippen molar-refractivity contribution < 1.29 is 0 Å². The van der Waals surface area contributed by atoms with Crippen molar-refractivity contribution in [2.45, 2.75) is 54.8 Å². The smallest absolute Gasteiger partial charge is 0.116 e. The molecule has 2 atom stereocenters. The van der Waals surface area contributed by atoms with Gasteiger partial charge in [-0.2, -0.15) is 0 Å². The molecule has 1 heterocycles. The fraction of sp³-hybridized carbons (Fsp3) is 0.692. The monoisotopic (exact) mass is 251 g/mol. The van der Waals surface area contributed by atoms with Gasteiger partial charge in [0.25, 0.3) is 0 Å². The largest absolute Gasteiger partial charge is 0.316 e. The zero-order valence-electron chi connectivity index (χ0n) is 10.4. The molecule has 2 rings (SSSR count). The normalized spacial score (nSPS) is 26.2. The maximum Gasteiger partial charge on any atom is 0.116 e. The lowest BCUT2D eigenvalue weighted by Gasteiger charge is -2.28. The highest BCUT2D eigenvalue weighted by molar-refractivity contribution is 7.99. The molecule has 1 N–H and O–H groups in total. The van der Waals surface area contributed by atoms with Crippen LogP contribution >= 0.6 is 11.8 Å². The van der Waals surface area contributed by atoms with Gasteiger partial charge in [-0.1, -0.05) is 25.7 Å². The lowest BCUT2D eigenvalue weighted by Crippen LogP contribution is -2.36. The molecule has 0 saturated heterocycles. The minimum atomic E-state index is 0.621. The summed E-state index contributed by atoms with van der Waals surface area (Å²) in [5, 5.41) is 5.23. The molecule has 3 nitrogen and oxygen atoms in total. The first kappa shape index (κ1) is 12.8. The first-order valence-corrected chi connectivity index (χ1v) is 7.38. The van der Waals surface area contributed by atoms with E-state index in [1.165, 1.54) is 38.5 Å². The maximum atomic E-state index is 4.32. The molecule has 2 unspecified atom stereocenters. The summed E-state index contributed by atoms with van der Waals surface area (Å²) in [7, 11) is 2.08. The summed E-state index contributed by atoms with van der Waals surface area (Å²) in [6.45, 7) is 0. The Labute approximate surface area is 108 Å². The van der Waals surface area contributed by atoms with Gasteiger partial charge in [0.2, 0.25) is 0 Å². The Morgan fingerprint density at radius 3 is 2.76 bits per heavy atom. The first-order valence-electron chi connectivity index (χ1n) is 6.50. The molecule has 0 amide bonds. The van der Waals surface area contributed by atoms with Gasteiger partial charge < -0.3 is 5.32 Å². The topological polar surface area (TPSA) is 37.8 Å². The van der Waals surface area contributed by atoms with Crippen LogP contribution in [0.3, 0.4) is 0 Å². The summed E-state index contributed by atoms with van der Waals surface area (Å²) in [4.78, 5) is 8.29. The van der Waals surface area contributed by atoms with E-state index >= 15 is 0 Å². The van der Waals surface area contributed by atoms with Crippen LogP contribution in [-0.4, -0.2) is 28.3 Å². The van der Waals surface area contributed by atoms with Gasteiger partial charge in [0.15, 0.2) is 0 Å². The van der Waals surface area contributed by atoms with Gasteiger partial charge in [0, 0.05) is 17.5 Å². The molecule has 0 aliphatic heterocycles. The van der Waals surface area contributed by atoms with E-state index in [4.69, 9.17) is 0 Å². The average Bonchev–Trinajstić information content (AvgIpc) is 2.34. The quantitative estimate of drug-likeness (QED) is 0.838. The Balaban J connectivity index is 1.99. The summed E-state index contributed by atoms with van der Waals surface area (Å²) in [5.74, 6) is 0.